The van der Waals surface area contributed by atoms with Crippen molar-refractivity contribution in [1.82, 2.24) is 10.3 Å². The van der Waals surface area contributed by atoms with Crippen LogP contribution in [0.1, 0.15) is 22.0 Å². The summed E-state index contributed by atoms with van der Waals surface area (Å²) in [5.74, 6) is 0.0244. The molecule has 100 valence electrons. The number of aromatic nitrogens is 1. The van der Waals surface area contributed by atoms with E-state index in [1.807, 2.05) is 13.8 Å². The maximum atomic E-state index is 11.1. The standard InChI is InChI=1S/C10H17N3OS.2ClH/c1-7-9(15-8(2)13-7)4-6-12-10(14)3-5-11;;/h3-6,11H2,1-2H3,(H,12,14);2*1H. The Balaban J connectivity index is 0. The summed E-state index contributed by atoms with van der Waals surface area (Å²) < 4.78 is 0. The lowest BCUT2D eigenvalue weighted by atomic mass is 10.3. The fraction of sp³-hybridized carbons (Fsp3) is 0.600. The zero-order valence-electron chi connectivity index (χ0n) is 9.99. The van der Waals surface area contributed by atoms with E-state index < -0.39 is 0 Å². The Hall–Kier alpha value is -0.360. The summed E-state index contributed by atoms with van der Waals surface area (Å²) >= 11 is 1.69. The summed E-state index contributed by atoms with van der Waals surface area (Å²) in [5, 5.41) is 3.91. The second-order valence-electron chi connectivity index (χ2n) is 3.38. The molecule has 1 aromatic heterocycles. The lowest BCUT2D eigenvalue weighted by Crippen LogP contribution is -2.27. The van der Waals surface area contributed by atoms with Crippen LogP contribution < -0.4 is 11.1 Å². The van der Waals surface area contributed by atoms with E-state index in [2.05, 4.69) is 10.3 Å². The quantitative estimate of drug-likeness (QED) is 0.868. The van der Waals surface area contributed by atoms with Crippen LogP contribution >= 0.6 is 36.2 Å². The summed E-state index contributed by atoms with van der Waals surface area (Å²) in [7, 11) is 0. The van der Waals surface area contributed by atoms with Crippen molar-refractivity contribution in [3.05, 3.63) is 15.6 Å². The number of rotatable bonds is 5. The highest BCUT2D eigenvalue weighted by atomic mass is 35.5. The number of hydrogen-bond acceptors (Lipinski definition) is 4. The van der Waals surface area contributed by atoms with E-state index in [0.717, 1.165) is 17.1 Å². The topological polar surface area (TPSA) is 68.0 Å². The Kier molecular flexibility index (Phi) is 10.8. The third kappa shape index (κ3) is 6.83. The van der Waals surface area contributed by atoms with Gasteiger partial charge in [0.15, 0.2) is 0 Å². The van der Waals surface area contributed by atoms with Gasteiger partial charge in [0, 0.05) is 30.8 Å². The molecule has 0 spiro atoms. The normalized spacial score (nSPS) is 9.12. The monoisotopic (exact) mass is 299 g/mol. The van der Waals surface area contributed by atoms with E-state index in [1.165, 1.54) is 4.88 Å². The number of halogens is 2. The first-order valence-electron chi connectivity index (χ1n) is 5.03. The van der Waals surface area contributed by atoms with Gasteiger partial charge in [-0.15, -0.1) is 36.2 Å². The van der Waals surface area contributed by atoms with E-state index in [9.17, 15) is 4.79 Å². The smallest absolute Gasteiger partial charge is 0.221 e. The summed E-state index contributed by atoms with van der Waals surface area (Å²) in [6.07, 6.45) is 1.26. The minimum Gasteiger partial charge on any atom is -0.356 e. The van der Waals surface area contributed by atoms with Crippen LogP contribution in [0, 0.1) is 13.8 Å². The minimum atomic E-state index is 0. The number of thiazole rings is 1. The molecule has 0 aliphatic carbocycles. The first-order valence-corrected chi connectivity index (χ1v) is 5.84. The van der Waals surface area contributed by atoms with Crippen molar-refractivity contribution in [3.8, 4) is 0 Å². The molecule has 17 heavy (non-hydrogen) atoms. The molecule has 0 atom stereocenters. The molecule has 0 aliphatic heterocycles. The molecule has 3 N–H and O–H groups in total. The molecule has 0 saturated carbocycles. The molecule has 0 saturated heterocycles. The number of nitrogens with zero attached hydrogens (tertiary/aromatic N) is 1. The lowest BCUT2D eigenvalue weighted by molar-refractivity contribution is -0.120. The molecule has 0 fully saturated rings. The average molecular weight is 300 g/mol. The first kappa shape index (κ1) is 19.0. The lowest BCUT2D eigenvalue weighted by Gasteiger charge is -2.02. The second-order valence-corrected chi connectivity index (χ2v) is 4.67. The van der Waals surface area contributed by atoms with E-state index in [-0.39, 0.29) is 30.7 Å². The van der Waals surface area contributed by atoms with Crippen LogP contribution in [0.4, 0.5) is 0 Å². The molecule has 1 amide bonds. The predicted octanol–water partition coefficient (Wildman–Crippen LogP) is 1.61. The molecular weight excluding hydrogens is 281 g/mol. The summed E-state index contributed by atoms with van der Waals surface area (Å²) in [6.45, 7) is 5.07. The number of hydrogen-bond donors (Lipinski definition) is 2. The Labute approximate surface area is 118 Å². The summed E-state index contributed by atoms with van der Waals surface area (Å²) in [4.78, 5) is 16.7. The van der Waals surface area contributed by atoms with Crippen molar-refractivity contribution in [3.63, 3.8) is 0 Å². The van der Waals surface area contributed by atoms with Gasteiger partial charge < -0.3 is 11.1 Å². The molecule has 1 heterocycles. The highest BCUT2D eigenvalue weighted by molar-refractivity contribution is 7.11. The third-order valence-corrected chi connectivity index (χ3v) is 3.18. The first-order chi connectivity index (χ1) is 7.13. The van der Waals surface area contributed by atoms with Gasteiger partial charge in [-0.1, -0.05) is 0 Å². The fourth-order valence-corrected chi connectivity index (χ4v) is 2.28. The van der Waals surface area contributed by atoms with Gasteiger partial charge in [-0.25, -0.2) is 4.98 Å². The number of carbonyl (C=O) groups excluding carboxylic acids is 1. The van der Waals surface area contributed by atoms with E-state index >= 15 is 0 Å². The molecule has 0 aliphatic rings. The molecular formula is C10H19Cl2N3OS. The van der Waals surface area contributed by atoms with Crippen molar-refractivity contribution in [2.75, 3.05) is 13.1 Å². The molecule has 0 bridgehead atoms. The van der Waals surface area contributed by atoms with Crippen LogP contribution in [-0.4, -0.2) is 24.0 Å². The number of amides is 1. The van der Waals surface area contributed by atoms with Crippen LogP contribution in [-0.2, 0) is 11.2 Å². The van der Waals surface area contributed by atoms with E-state index in [1.54, 1.807) is 11.3 Å². The van der Waals surface area contributed by atoms with E-state index in [0.29, 0.717) is 19.5 Å². The van der Waals surface area contributed by atoms with Crippen molar-refractivity contribution in [1.29, 1.82) is 0 Å². The van der Waals surface area contributed by atoms with Crippen LogP contribution in [0.25, 0.3) is 0 Å². The highest BCUT2D eigenvalue weighted by Gasteiger charge is 2.05. The SMILES string of the molecule is Cc1nc(C)c(CCNC(=O)CCN)s1.Cl.Cl. The Morgan fingerprint density at radius 3 is 2.53 bits per heavy atom. The maximum absolute atomic E-state index is 11.1. The van der Waals surface area contributed by atoms with Gasteiger partial charge in [0.1, 0.15) is 0 Å². The maximum Gasteiger partial charge on any atom is 0.221 e. The number of nitrogens with one attached hydrogen (secondary N) is 1. The summed E-state index contributed by atoms with van der Waals surface area (Å²) in [5.41, 5.74) is 6.35. The minimum absolute atomic E-state index is 0. The van der Waals surface area contributed by atoms with Crippen molar-refractivity contribution >= 4 is 42.1 Å². The van der Waals surface area contributed by atoms with Crippen LogP contribution in [0.15, 0.2) is 0 Å². The van der Waals surface area contributed by atoms with Gasteiger partial charge in [-0.3, -0.25) is 4.79 Å². The van der Waals surface area contributed by atoms with Crippen LogP contribution in [0.2, 0.25) is 0 Å². The highest BCUT2D eigenvalue weighted by Crippen LogP contribution is 2.16. The molecule has 0 aromatic carbocycles. The van der Waals surface area contributed by atoms with Crippen molar-refractivity contribution in [2.24, 2.45) is 5.73 Å². The fourth-order valence-electron chi connectivity index (χ4n) is 1.34. The largest absolute Gasteiger partial charge is 0.356 e. The van der Waals surface area contributed by atoms with Gasteiger partial charge in [0.05, 0.1) is 10.7 Å². The van der Waals surface area contributed by atoms with Gasteiger partial charge in [0.25, 0.3) is 0 Å². The zero-order valence-corrected chi connectivity index (χ0v) is 12.4. The van der Waals surface area contributed by atoms with Gasteiger partial charge in [-0.05, 0) is 13.8 Å². The van der Waals surface area contributed by atoms with E-state index in [4.69, 9.17) is 5.73 Å². The van der Waals surface area contributed by atoms with Crippen molar-refractivity contribution < 1.29 is 4.79 Å². The van der Waals surface area contributed by atoms with Crippen LogP contribution in [0.3, 0.4) is 0 Å². The molecule has 0 radical (unpaired) electrons. The Bertz CT molecular complexity index is 344. The molecule has 1 rings (SSSR count). The van der Waals surface area contributed by atoms with Crippen molar-refractivity contribution in [2.45, 2.75) is 26.7 Å². The average Bonchev–Trinajstić information content (AvgIpc) is 2.46. The molecule has 4 nitrogen and oxygen atoms in total. The molecule has 0 unspecified atom stereocenters. The molecule has 1 aromatic rings. The van der Waals surface area contributed by atoms with Gasteiger partial charge in [-0.2, -0.15) is 0 Å². The van der Waals surface area contributed by atoms with Gasteiger partial charge in [0.2, 0.25) is 5.91 Å². The van der Waals surface area contributed by atoms with Crippen LogP contribution in [0.5, 0.6) is 0 Å². The number of aryl methyl sites for hydroxylation is 2. The zero-order chi connectivity index (χ0) is 11.3. The number of carbonyl (C=O) groups is 1. The van der Waals surface area contributed by atoms with Gasteiger partial charge >= 0.3 is 0 Å². The second kappa shape index (κ2) is 9.65. The third-order valence-electron chi connectivity index (χ3n) is 2.05. The Morgan fingerprint density at radius 2 is 2.06 bits per heavy atom. The molecule has 7 heteroatoms. The number of nitrogens with two attached hydrogens (primary N) is 1. The predicted molar refractivity (Wildman–Crippen MR) is 76.5 cm³/mol. The Morgan fingerprint density at radius 1 is 1.41 bits per heavy atom. The summed E-state index contributed by atoms with van der Waals surface area (Å²) in [6, 6.07) is 0.